The molecule has 90 valence electrons. The smallest absolute Gasteiger partial charge is 0.139 e. The van der Waals surface area contributed by atoms with E-state index in [1.807, 2.05) is 6.07 Å². The molecule has 0 fully saturated rings. The average molecular weight is 255 g/mol. The first-order chi connectivity index (χ1) is 8.83. The highest BCUT2D eigenvalue weighted by molar-refractivity contribution is 7.10. The Balaban J connectivity index is 1.86. The maximum Gasteiger partial charge on any atom is 0.139 e. The first-order valence-electron chi connectivity index (χ1n) is 5.75. The average Bonchev–Trinajstić information content (AvgIpc) is 2.82. The summed E-state index contributed by atoms with van der Waals surface area (Å²) in [5.74, 6) is 0.570. The van der Waals surface area contributed by atoms with E-state index in [4.69, 9.17) is 5.73 Å². The lowest BCUT2D eigenvalue weighted by molar-refractivity contribution is 1.18. The number of nitrogen functional groups attached to an aromatic ring is 1. The second kappa shape index (κ2) is 4.66. The molecule has 0 amide bonds. The lowest BCUT2D eigenvalue weighted by Crippen LogP contribution is -1.98. The Labute approximate surface area is 109 Å². The largest absolute Gasteiger partial charge is 0.383 e. The molecule has 0 saturated carbocycles. The van der Waals surface area contributed by atoms with Crippen LogP contribution in [0.2, 0.25) is 0 Å². The third-order valence-electron chi connectivity index (χ3n) is 2.86. The van der Waals surface area contributed by atoms with Crippen molar-refractivity contribution in [1.29, 1.82) is 0 Å². The summed E-state index contributed by atoms with van der Waals surface area (Å²) in [4.78, 5) is 0. The molecule has 0 aliphatic rings. The Bertz CT molecular complexity index is 670. The standard InChI is InChI=1S/C14H13N3S/c15-13-8-14(18-17-13)16-9-11-6-3-5-10-4-1-2-7-12(10)11/h1-8,16H,9H2,(H2,15,17). The molecular formula is C14H13N3S. The summed E-state index contributed by atoms with van der Waals surface area (Å²) >= 11 is 1.39. The van der Waals surface area contributed by atoms with Crippen molar-refractivity contribution in [3.05, 3.63) is 54.1 Å². The van der Waals surface area contributed by atoms with E-state index in [0.29, 0.717) is 5.82 Å². The number of nitrogens with one attached hydrogen (secondary N) is 1. The minimum atomic E-state index is 0.570. The molecule has 3 N–H and O–H groups in total. The predicted octanol–water partition coefficient (Wildman–Crippen LogP) is 3.49. The van der Waals surface area contributed by atoms with Crippen LogP contribution in [0.4, 0.5) is 10.8 Å². The van der Waals surface area contributed by atoms with Crippen LogP contribution in [-0.4, -0.2) is 4.37 Å². The minimum absolute atomic E-state index is 0.570. The van der Waals surface area contributed by atoms with Crippen molar-refractivity contribution < 1.29 is 0 Å². The van der Waals surface area contributed by atoms with Crippen molar-refractivity contribution in [2.24, 2.45) is 0 Å². The van der Waals surface area contributed by atoms with E-state index in [2.05, 4.69) is 52.2 Å². The molecule has 3 nitrogen and oxygen atoms in total. The van der Waals surface area contributed by atoms with Crippen molar-refractivity contribution >= 4 is 33.1 Å². The van der Waals surface area contributed by atoms with Gasteiger partial charge in [0.05, 0.1) is 0 Å². The number of nitrogens with two attached hydrogens (primary N) is 1. The molecule has 0 spiro atoms. The molecule has 1 heterocycles. The highest BCUT2D eigenvalue weighted by Gasteiger charge is 2.02. The van der Waals surface area contributed by atoms with Crippen molar-refractivity contribution in [3.63, 3.8) is 0 Å². The molecule has 18 heavy (non-hydrogen) atoms. The summed E-state index contributed by atoms with van der Waals surface area (Å²) in [6.07, 6.45) is 0. The highest BCUT2D eigenvalue weighted by atomic mass is 32.1. The van der Waals surface area contributed by atoms with E-state index in [1.54, 1.807) is 0 Å². The topological polar surface area (TPSA) is 50.9 Å². The van der Waals surface area contributed by atoms with Crippen LogP contribution in [0.1, 0.15) is 5.56 Å². The van der Waals surface area contributed by atoms with Crippen LogP contribution in [0.25, 0.3) is 10.8 Å². The summed E-state index contributed by atoms with van der Waals surface area (Å²) in [6.45, 7) is 0.781. The van der Waals surface area contributed by atoms with Gasteiger partial charge >= 0.3 is 0 Å². The van der Waals surface area contributed by atoms with Crippen LogP contribution in [-0.2, 0) is 6.54 Å². The lowest BCUT2D eigenvalue weighted by Gasteiger charge is -2.07. The number of hydrogen-bond donors (Lipinski definition) is 2. The van der Waals surface area contributed by atoms with Gasteiger partial charge in [-0.3, -0.25) is 0 Å². The SMILES string of the molecule is Nc1cc(NCc2cccc3ccccc23)sn1. The molecule has 0 radical (unpaired) electrons. The fourth-order valence-electron chi connectivity index (χ4n) is 2.00. The number of fused-ring (bicyclic) bond motifs is 1. The van der Waals surface area contributed by atoms with E-state index >= 15 is 0 Å². The van der Waals surface area contributed by atoms with Gasteiger partial charge < -0.3 is 11.1 Å². The number of anilines is 2. The van der Waals surface area contributed by atoms with E-state index in [0.717, 1.165) is 11.5 Å². The molecule has 4 heteroatoms. The van der Waals surface area contributed by atoms with Crippen LogP contribution in [0.5, 0.6) is 0 Å². The van der Waals surface area contributed by atoms with E-state index in [1.165, 1.54) is 27.9 Å². The van der Waals surface area contributed by atoms with Crippen LogP contribution < -0.4 is 11.1 Å². The molecule has 0 unspecified atom stereocenters. The monoisotopic (exact) mass is 255 g/mol. The van der Waals surface area contributed by atoms with Gasteiger partial charge in [-0.25, -0.2) is 0 Å². The number of benzene rings is 2. The predicted molar refractivity (Wildman–Crippen MR) is 77.8 cm³/mol. The molecule has 0 aliphatic carbocycles. The maximum atomic E-state index is 5.60. The second-order valence-electron chi connectivity index (χ2n) is 4.11. The van der Waals surface area contributed by atoms with Gasteiger partial charge in [-0.1, -0.05) is 42.5 Å². The Kier molecular flexibility index (Phi) is 2.86. The Morgan fingerprint density at radius 1 is 1.11 bits per heavy atom. The van der Waals surface area contributed by atoms with Gasteiger partial charge in [-0.05, 0) is 27.9 Å². The van der Waals surface area contributed by atoms with E-state index in [-0.39, 0.29) is 0 Å². The zero-order valence-corrected chi connectivity index (χ0v) is 10.6. The number of rotatable bonds is 3. The molecule has 0 saturated heterocycles. The lowest BCUT2D eigenvalue weighted by atomic mass is 10.0. The maximum absolute atomic E-state index is 5.60. The first-order valence-corrected chi connectivity index (χ1v) is 6.53. The summed E-state index contributed by atoms with van der Waals surface area (Å²) in [6, 6.07) is 16.6. The van der Waals surface area contributed by atoms with Gasteiger partial charge in [0.2, 0.25) is 0 Å². The van der Waals surface area contributed by atoms with Gasteiger partial charge in [0.15, 0.2) is 0 Å². The minimum Gasteiger partial charge on any atom is -0.383 e. The van der Waals surface area contributed by atoms with Crippen LogP contribution >= 0.6 is 11.5 Å². The van der Waals surface area contributed by atoms with E-state index < -0.39 is 0 Å². The molecule has 1 aromatic heterocycles. The van der Waals surface area contributed by atoms with Crippen LogP contribution in [0.15, 0.2) is 48.5 Å². The molecule has 0 aliphatic heterocycles. The fourth-order valence-corrected chi connectivity index (χ4v) is 2.57. The van der Waals surface area contributed by atoms with E-state index in [9.17, 15) is 0 Å². The van der Waals surface area contributed by atoms with Crippen molar-refractivity contribution in [1.82, 2.24) is 4.37 Å². The summed E-state index contributed by atoms with van der Waals surface area (Å²) in [7, 11) is 0. The summed E-state index contributed by atoms with van der Waals surface area (Å²) in [5.41, 5.74) is 6.88. The zero-order chi connectivity index (χ0) is 12.4. The van der Waals surface area contributed by atoms with Gasteiger partial charge in [-0.2, -0.15) is 4.37 Å². The first kappa shape index (κ1) is 11.0. The quantitative estimate of drug-likeness (QED) is 0.753. The van der Waals surface area contributed by atoms with Gasteiger partial charge in [0, 0.05) is 12.6 Å². The Morgan fingerprint density at radius 2 is 1.94 bits per heavy atom. The fraction of sp³-hybridized carbons (Fsp3) is 0.0714. The zero-order valence-electron chi connectivity index (χ0n) is 9.76. The van der Waals surface area contributed by atoms with Crippen molar-refractivity contribution in [2.75, 3.05) is 11.1 Å². The number of hydrogen-bond acceptors (Lipinski definition) is 4. The normalized spacial score (nSPS) is 10.7. The van der Waals surface area contributed by atoms with Gasteiger partial charge in [0.1, 0.15) is 10.8 Å². The third-order valence-corrected chi connectivity index (χ3v) is 3.62. The third kappa shape index (κ3) is 2.15. The summed E-state index contributed by atoms with van der Waals surface area (Å²) in [5, 5.41) is 6.90. The van der Waals surface area contributed by atoms with Gasteiger partial charge in [0.25, 0.3) is 0 Å². The molecular weight excluding hydrogens is 242 g/mol. The number of aromatic nitrogens is 1. The molecule has 0 bridgehead atoms. The highest BCUT2D eigenvalue weighted by Crippen LogP contribution is 2.22. The number of nitrogens with zero attached hydrogens (tertiary/aromatic N) is 1. The Morgan fingerprint density at radius 3 is 2.78 bits per heavy atom. The van der Waals surface area contributed by atoms with Crippen LogP contribution in [0.3, 0.4) is 0 Å². The summed E-state index contributed by atoms with van der Waals surface area (Å²) < 4.78 is 4.05. The van der Waals surface area contributed by atoms with Crippen molar-refractivity contribution in [3.8, 4) is 0 Å². The molecule has 3 rings (SSSR count). The van der Waals surface area contributed by atoms with Crippen molar-refractivity contribution in [2.45, 2.75) is 6.54 Å². The van der Waals surface area contributed by atoms with Gasteiger partial charge in [-0.15, -0.1) is 0 Å². The Hall–Kier alpha value is -2.07. The molecule has 0 atom stereocenters. The molecule has 2 aromatic carbocycles. The molecule has 3 aromatic rings. The second-order valence-corrected chi connectivity index (χ2v) is 4.91. The van der Waals surface area contributed by atoms with Crippen LogP contribution in [0, 0.1) is 0 Å².